The maximum atomic E-state index is 13.1. The third kappa shape index (κ3) is 11.2. The Kier molecular flexibility index (Phi) is 14.1. The number of carbonyl (C=O) groups excluding carboxylic acids is 3. The quantitative estimate of drug-likeness (QED) is 0.0492. The highest BCUT2D eigenvalue weighted by Crippen LogP contribution is 2.39. The van der Waals surface area contributed by atoms with Crippen LogP contribution in [-0.4, -0.2) is 93.2 Å². The zero-order valence-corrected chi connectivity index (χ0v) is 31.2. The third-order valence-electron chi connectivity index (χ3n) is 9.14. The number of aryl methyl sites for hydroxylation is 1. The Bertz CT molecular complexity index is 1970. The Morgan fingerprint density at radius 1 is 1.06 bits per heavy atom. The summed E-state index contributed by atoms with van der Waals surface area (Å²) in [6.45, 7) is 3.59. The molecule has 8 N–H and O–H groups in total. The molecule has 0 aliphatic heterocycles. The fourth-order valence-electron chi connectivity index (χ4n) is 6.38. The molecule has 3 aromatic rings. The average molecular weight is 763 g/mol. The van der Waals surface area contributed by atoms with E-state index in [0.29, 0.717) is 41.9 Å². The van der Waals surface area contributed by atoms with Gasteiger partial charge in [0, 0.05) is 30.6 Å². The Labute approximate surface area is 312 Å². The van der Waals surface area contributed by atoms with Gasteiger partial charge in [-0.15, -0.1) is 6.42 Å². The van der Waals surface area contributed by atoms with Crippen LogP contribution in [0.3, 0.4) is 0 Å². The van der Waals surface area contributed by atoms with E-state index in [4.69, 9.17) is 11.5 Å². The first kappa shape index (κ1) is 41.2. The van der Waals surface area contributed by atoms with E-state index in [1.54, 1.807) is 31.3 Å². The Morgan fingerprint density at radius 2 is 1.76 bits per heavy atom. The monoisotopic (exact) mass is 762 g/mol. The molecule has 0 bridgehead atoms. The van der Waals surface area contributed by atoms with Gasteiger partial charge in [0.15, 0.2) is 8.32 Å². The van der Waals surface area contributed by atoms with E-state index in [2.05, 4.69) is 31.8 Å². The number of aliphatic hydroxyl groups is 1. The third-order valence-corrected chi connectivity index (χ3v) is 10.7. The smallest absolute Gasteiger partial charge is 0.326 e. The number of rotatable bonds is 19. The molecule has 4 rings (SSSR count). The summed E-state index contributed by atoms with van der Waals surface area (Å²) in [6, 6.07) is 7.80. The van der Waals surface area contributed by atoms with Crippen LogP contribution >= 0.6 is 0 Å². The topological polar surface area (TPSA) is 251 Å². The molecule has 0 spiro atoms. The highest BCUT2D eigenvalue weighted by molar-refractivity contribution is 6.69. The standard InChI is InChI=1S/C37H46N6O10Si/c1-4-17-43(30-13-8-23-19-29-26(20-25(23)30)35(49)42-31(21-44)39-29)24-9-6-22(7-10-24)34(48)41-28(37(51)52)11-14-32(45)40-27(12-15-33(46)47)36(50)38-16-5-18-54(2,3)53/h1,6-7,9-10,19-20,27-28,30,44,53H,5,8,11-18,21H2,2-3H3,(H,38,50)(H,40,45)(H,41,48)(H,46,47)(H,51,52)(H,39,42,49)/t27-,28+,30+/m1/s1. The number of carbonyl (C=O) groups is 5. The first-order valence-electron chi connectivity index (χ1n) is 17.6. The minimum absolute atomic E-state index is 0.155. The van der Waals surface area contributed by atoms with Crippen molar-refractivity contribution >= 4 is 54.6 Å². The second kappa shape index (κ2) is 18.5. The zero-order valence-electron chi connectivity index (χ0n) is 30.2. The van der Waals surface area contributed by atoms with Crippen molar-refractivity contribution in [1.29, 1.82) is 0 Å². The van der Waals surface area contributed by atoms with Crippen LogP contribution in [0.25, 0.3) is 10.9 Å². The molecule has 2 aromatic carbocycles. The van der Waals surface area contributed by atoms with Crippen molar-refractivity contribution in [1.82, 2.24) is 25.9 Å². The van der Waals surface area contributed by atoms with Crippen LogP contribution in [0.15, 0.2) is 41.2 Å². The predicted octanol–water partition coefficient (Wildman–Crippen LogP) is 1.56. The average Bonchev–Trinajstić information content (AvgIpc) is 3.53. The van der Waals surface area contributed by atoms with Gasteiger partial charge >= 0.3 is 11.9 Å². The number of anilines is 1. The molecule has 1 aromatic heterocycles. The van der Waals surface area contributed by atoms with Gasteiger partial charge in [-0.2, -0.15) is 0 Å². The van der Waals surface area contributed by atoms with E-state index < -0.39 is 63.1 Å². The van der Waals surface area contributed by atoms with Gasteiger partial charge in [-0.05, 0) is 98.8 Å². The highest BCUT2D eigenvalue weighted by Gasteiger charge is 2.30. The van der Waals surface area contributed by atoms with Crippen molar-refractivity contribution in [2.75, 3.05) is 18.0 Å². The minimum atomic E-state index is -2.31. The van der Waals surface area contributed by atoms with Crippen molar-refractivity contribution in [3.8, 4) is 12.3 Å². The molecule has 288 valence electrons. The number of hydrogen-bond donors (Lipinski definition) is 8. The maximum Gasteiger partial charge on any atom is 0.326 e. The summed E-state index contributed by atoms with van der Waals surface area (Å²) in [4.78, 5) is 93.4. The number of carboxylic acids is 2. The molecule has 3 atom stereocenters. The highest BCUT2D eigenvalue weighted by atomic mass is 28.4. The maximum absolute atomic E-state index is 13.1. The number of aliphatic hydroxyl groups excluding tert-OH is 1. The molecule has 1 aliphatic rings. The van der Waals surface area contributed by atoms with Crippen LogP contribution in [0, 0.1) is 12.3 Å². The molecule has 1 aliphatic carbocycles. The SMILES string of the molecule is C#CCN(c1ccc(C(=O)N[C@@H](CCC(=O)N[C@H](CCC(=O)O)C(=O)NCCC[Si](C)(C)O)C(=O)O)cc1)[C@H]1CCc2cc3nc(CO)[nH]c(=O)c3cc21. The van der Waals surface area contributed by atoms with Crippen molar-refractivity contribution in [3.63, 3.8) is 0 Å². The van der Waals surface area contributed by atoms with Crippen molar-refractivity contribution in [2.24, 2.45) is 0 Å². The number of hydrogen-bond acceptors (Lipinski definition) is 10. The number of aliphatic carboxylic acids is 2. The molecule has 0 radical (unpaired) electrons. The number of aromatic nitrogens is 2. The normalized spacial score (nSPS) is 14.7. The van der Waals surface area contributed by atoms with Gasteiger partial charge in [0.2, 0.25) is 11.8 Å². The van der Waals surface area contributed by atoms with Crippen LogP contribution in [0.2, 0.25) is 19.1 Å². The Hall–Kier alpha value is -5.57. The number of nitrogens with one attached hydrogen (secondary N) is 4. The molecule has 1 heterocycles. The summed E-state index contributed by atoms with van der Waals surface area (Å²) in [5.74, 6) is -1.68. The number of aromatic amines is 1. The van der Waals surface area contributed by atoms with Crippen molar-refractivity contribution < 1.29 is 44.1 Å². The molecule has 54 heavy (non-hydrogen) atoms. The summed E-state index contributed by atoms with van der Waals surface area (Å²) in [5, 5.41) is 36.3. The molecule has 16 nitrogen and oxygen atoms in total. The second-order valence-electron chi connectivity index (χ2n) is 13.8. The largest absolute Gasteiger partial charge is 0.481 e. The van der Waals surface area contributed by atoms with Gasteiger partial charge in [0.25, 0.3) is 11.5 Å². The summed E-state index contributed by atoms with van der Waals surface area (Å²) in [7, 11) is -2.31. The van der Waals surface area contributed by atoms with E-state index >= 15 is 0 Å². The number of amides is 3. The molecular weight excluding hydrogens is 717 g/mol. The van der Waals surface area contributed by atoms with E-state index in [1.807, 2.05) is 11.0 Å². The molecular formula is C37H46N6O10Si. The summed E-state index contributed by atoms with van der Waals surface area (Å²) < 4.78 is 0. The van der Waals surface area contributed by atoms with Crippen LogP contribution in [0.4, 0.5) is 5.69 Å². The van der Waals surface area contributed by atoms with Gasteiger partial charge in [-0.1, -0.05) is 5.92 Å². The van der Waals surface area contributed by atoms with Crippen LogP contribution in [-0.2, 0) is 32.2 Å². The fourth-order valence-corrected chi connectivity index (χ4v) is 7.43. The van der Waals surface area contributed by atoms with Crippen molar-refractivity contribution in [2.45, 2.75) is 88.8 Å². The van der Waals surface area contributed by atoms with Gasteiger partial charge in [-0.25, -0.2) is 9.78 Å². The summed E-state index contributed by atoms with van der Waals surface area (Å²) in [5.41, 5.74) is 2.88. The molecule has 0 fully saturated rings. The first-order chi connectivity index (χ1) is 25.6. The lowest BCUT2D eigenvalue weighted by molar-refractivity contribution is -0.140. The van der Waals surface area contributed by atoms with Crippen LogP contribution in [0.1, 0.15) is 71.9 Å². The Balaban J connectivity index is 1.39. The lowest BCUT2D eigenvalue weighted by Crippen LogP contribution is -2.48. The van der Waals surface area contributed by atoms with Gasteiger partial charge in [0.1, 0.15) is 24.5 Å². The van der Waals surface area contributed by atoms with Gasteiger partial charge in [-0.3, -0.25) is 24.0 Å². The molecule has 0 unspecified atom stereocenters. The zero-order chi connectivity index (χ0) is 39.6. The van der Waals surface area contributed by atoms with Gasteiger partial charge in [0.05, 0.1) is 23.5 Å². The van der Waals surface area contributed by atoms with E-state index in [1.165, 1.54) is 12.1 Å². The Morgan fingerprint density at radius 3 is 2.39 bits per heavy atom. The number of fused-ring (bicyclic) bond motifs is 2. The molecule has 0 saturated heterocycles. The predicted molar refractivity (Wildman–Crippen MR) is 201 cm³/mol. The number of terminal acetylenes is 1. The first-order valence-corrected chi connectivity index (χ1v) is 20.8. The van der Waals surface area contributed by atoms with Crippen LogP contribution in [0.5, 0.6) is 0 Å². The molecule has 17 heteroatoms. The lowest BCUT2D eigenvalue weighted by atomic mass is 10.0. The van der Waals surface area contributed by atoms with E-state index in [0.717, 1.165) is 11.1 Å². The number of H-pyrrole nitrogens is 1. The van der Waals surface area contributed by atoms with Crippen molar-refractivity contribution in [3.05, 3.63) is 69.3 Å². The molecule has 3 amide bonds. The fraction of sp³-hybridized carbons (Fsp3) is 0.432. The number of benzene rings is 2. The lowest BCUT2D eigenvalue weighted by Gasteiger charge is -2.30. The number of carboxylic acid groups (broad SMARTS) is 2. The number of nitrogens with zero attached hydrogens (tertiary/aromatic N) is 2. The molecule has 0 saturated carbocycles. The summed E-state index contributed by atoms with van der Waals surface area (Å²) >= 11 is 0. The van der Waals surface area contributed by atoms with E-state index in [-0.39, 0.29) is 55.3 Å². The van der Waals surface area contributed by atoms with Crippen LogP contribution < -0.4 is 26.4 Å². The minimum Gasteiger partial charge on any atom is -0.481 e. The second-order valence-corrected chi connectivity index (χ2v) is 18.0. The van der Waals surface area contributed by atoms with E-state index in [9.17, 15) is 43.8 Å². The van der Waals surface area contributed by atoms with Gasteiger partial charge < -0.3 is 45.9 Å². The summed E-state index contributed by atoms with van der Waals surface area (Å²) in [6.07, 6.45) is 6.40.